The molecule has 7 nitrogen and oxygen atoms in total. The summed E-state index contributed by atoms with van der Waals surface area (Å²) in [5.74, 6) is 0.142. The number of sulfonamides is 1. The zero-order chi connectivity index (χ0) is 17.2. The molecular formula is C16H24ClN3O4S. The van der Waals surface area contributed by atoms with Crippen LogP contribution in [0.15, 0.2) is 23.1 Å². The van der Waals surface area contributed by atoms with Crippen LogP contribution in [0, 0.1) is 0 Å². The molecule has 2 aliphatic heterocycles. The van der Waals surface area contributed by atoms with Crippen molar-refractivity contribution in [3.8, 4) is 5.75 Å². The lowest BCUT2D eigenvalue weighted by atomic mass is 10.2. The van der Waals surface area contributed by atoms with Crippen LogP contribution in [0.1, 0.15) is 25.7 Å². The summed E-state index contributed by atoms with van der Waals surface area (Å²) in [6.07, 6.45) is 3.55. The smallest absolute Gasteiger partial charge is 0.246 e. The van der Waals surface area contributed by atoms with E-state index in [4.69, 9.17) is 4.74 Å². The van der Waals surface area contributed by atoms with Crippen molar-refractivity contribution in [2.24, 2.45) is 0 Å². The van der Waals surface area contributed by atoms with Gasteiger partial charge in [0.1, 0.15) is 10.6 Å². The fourth-order valence-electron chi connectivity index (χ4n) is 3.16. The van der Waals surface area contributed by atoms with Gasteiger partial charge >= 0.3 is 0 Å². The van der Waals surface area contributed by atoms with E-state index in [0.717, 1.165) is 32.2 Å². The zero-order valence-corrected chi connectivity index (χ0v) is 15.8. The van der Waals surface area contributed by atoms with Gasteiger partial charge in [0.25, 0.3) is 0 Å². The summed E-state index contributed by atoms with van der Waals surface area (Å²) in [5, 5.41) is 5.95. The number of nitrogens with one attached hydrogen (secondary N) is 2. The Balaban J connectivity index is 0.00000225. The minimum atomic E-state index is -3.56. The number of carbonyl (C=O) groups excluding carboxylic acids is 1. The lowest BCUT2D eigenvalue weighted by molar-refractivity contribution is -0.117. The molecular weight excluding hydrogens is 366 g/mol. The van der Waals surface area contributed by atoms with E-state index in [2.05, 4.69) is 10.6 Å². The van der Waals surface area contributed by atoms with Crippen molar-refractivity contribution in [1.82, 2.24) is 9.62 Å². The Morgan fingerprint density at radius 1 is 1.28 bits per heavy atom. The summed E-state index contributed by atoms with van der Waals surface area (Å²) in [7, 11) is -2.13. The predicted octanol–water partition coefficient (Wildman–Crippen LogP) is 1.59. The molecule has 1 atom stereocenters. The lowest BCUT2D eigenvalue weighted by Crippen LogP contribution is -2.35. The Bertz CT molecular complexity index is 714. The number of methoxy groups -OCH3 is 1. The fraction of sp³-hybridized carbons (Fsp3) is 0.562. The second kappa shape index (κ2) is 8.35. The number of nitrogens with zero attached hydrogens (tertiary/aromatic N) is 1. The van der Waals surface area contributed by atoms with Gasteiger partial charge in [0.15, 0.2) is 0 Å². The molecule has 2 saturated heterocycles. The highest BCUT2D eigenvalue weighted by Gasteiger charge is 2.30. The molecule has 1 aromatic carbocycles. The van der Waals surface area contributed by atoms with Crippen LogP contribution in [-0.2, 0) is 14.8 Å². The van der Waals surface area contributed by atoms with Crippen LogP contribution in [0.2, 0.25) is 0 Å². The maximum absolute atomic E-state index is 12.7. The van der Waals surface area contributed by atoms with Crippen molar-refractivity contribution in [2.75, 3.05) is 32.1 Å². The van der Waals surface area contributed by atoms with Crippen LogP contribution >= 0.6 is 12.4 Å². The molecule has 25 heavy (non-hydrogen) atoms. The number of carbonyl (C=O) groups is 1. The number of ether oxygens (including phenoxy) is 1. The van der Waals surface area contributed by atoms with E-state index < -0.39 is 10.0 Å². The highest BCUT2D eigenvalue weighted by Crippen LogP contribution is 2.31. The molecule has 140 valence electrons. The van der Waals surface area contributed by atoms with Crippen LogP contribution < -0.4 is 15.4 Å². The number of amides is 1. The Labute approximate surface area is 154 Å². The largest absolute Gasteiger partial charge is 0.495 e. The fourth-order valence-corrected chi connectivity index (χ4v) is 4.82. The minimum absolute atomic E-state index is 0. The molecule has 1 aromatic rings. The highest BCUT2D eigenvalue weighted by molar-refractivity contribution is 7.89. The van der Waals surface area contributed by atoms with Gasteiger partial charge in [0.05, 0.1) is 13.2 Å². The first-order valence-corrected chi connectivity index (χ1v) is 9.69. The third-order valence-electron chi connectivity index (χ3n) is 4.49. The third kappa shape index (κ3) is 4.25. The number of anilines is 1. The van der Waals surface area contributed by atoms with Crippen LogP contribution in [0.5, 0.6) is 5.75 Å². The average Bonchev–Trinajstić information content (AvgIpc) is 3.27. The quantitative estimate of drug-likeness (QED) is 0.798. The van der Waals surface area contributed by atoms with Crippen molar-refractivity contribution < 1.29 is 17.9 Å². The maximum atomic E-state index is 12.7. The molecule has 0 saturated carbocycles. The van der Waals surface area contributed by atoms with Gasteiger partial charge in [-0.05, 0) is 44.4 Å². The van der Waals surface area contributed by atoms with Crippen LogP contribution in [-0.4, -0.2) is 51.4 Å². The number of hydrogen-bond acceptors (Lipinski definition) is 5. The number of halogens is 1. The van der Waals surface area contributed by atoms with Gasteiger partial charge in [-0.15, -0.1) is 12.4 Å². The topological polar surface area (TPSA) is 87.7 Å². The first-order chi connectivity index (χ1) is 11.5. The number of hydrogen-bond donors (Lipinski definition) is 2. The lowest BCUT2D eigenvalue weighted by Gasteiger charge is -2.18. The minimum Gasteiger partial charge on any atom is -0.495 e. The molecule has 0 aromatic heterocycles. The molecule has 2 N–H and O–H groups in total. The molecule has 0 bridgehead atoms. The molecule has 9 heteroatoms. The van der Waals surface area contributed by atoms with Crippen molar-refractivity contribution >= 4 is 34.0 Å². The Morgan fingerprint density at radius 3 is 2.60 bits per heavy atom. The van der Waals surface area contributed by atoms with Gasteiger partial charge < -0.3 is 15.4 Å². The standard InChI is InChI=1S/C16H23N3O4S.ClH/c1-23-14-11-12(18-16(20)13-5-4-8-17-13)6-7-15(14)24(21,22)19-9-2-3-10-19;/h6-7,11,13,17H,2-5,8-10H2,1H3,(H,18,20);1H. The van der Waals surface area contributed by atoms with Gasteiger partial charge in [-0.3, -0.25) is 4.79 Å². The van der Waals surface area contributed by atoms with E-state index in [1.807, 2.05) is 0 Å². The van der Waals surface area contributed by atoms with Crippen molar-refractivity contribution in [2.45, 2.75) is 36.6 Å². The molecule has 1 amide bonds. The van der Waals surface area contributed by atoms with Crippen LogP contribution in [0.4, 0.5) is 5.69 Å². The molecule has 2 fully saturated rings. The molecule has 0 radical (unpaired) electrons. The van der Waals surface area contributed by atoms with Gasteiger partial charge in [-0.25, -0.2) is 8.42 Å². The van der Waals surface area contributed by atoms with E-state index in [1.54, 1.807) is 12.1 Å². The third-order valence-corrected chi connectivity index (χ3v) is 6.43. The van der Waals surface area contributed by atoms with E-state index in [1.165, 1.54) is 17.5 Å². The first kappa shape index (κ1) is 20.0. The van der Waals surface area contributed by atoms with E-state index in [-0.39, 0.29) is 35.0 Å². The van der Waals surface area contributed by atoms with Gasteiger partial charge in [0, 0.05) is 24.8 Å². The van der Waals surface area contributed by atoms with Gasteiger partial charge in [-0.2, -0.15) is 4.31 Å². The summed E-state index contributed by atoms with van der Waals surface area (Å²) >= 11 is 0. The number of rotatable bonds is 5. The normalized spacial score (nSPS) is 20.9. The van der Waals surface area contributed by atoms with Gasteiger partial charge in [0.2, 0.25) is 15.9 Å². The Kier molecular flexibility index (Phi) is 6.67. The van der Waals surface area contributed by atoms with Crippen molar-refractivity contribution in [3.63, 3.8) is 0 Å². The maximum Gasteiger partial charge on any atom is 0.246 e. The summed E-state index contributed by atoms with van der Waals surface area (Å²) < 4.78 is 32.2. The monoisotopic (exact) mass is 389 g/mol. The molecule has 2 aliphatic rings. The van der Waals surface area contributed by atoms with Crippen LogP contribution in [0.25, 0.3) is 0 Å². The summed E-state index contributed by atoms with van der Waals surface area (Å²) in [5.41, 5.74) is 0.533. The Hall–Kier alpha value is -1.35. The Morgan fingerprint density at radius 2 is 2.00 bits per heavy atom. The number of benzene rings is 1. The first-order valence-electron chi connectivity index (χ1n) is 8.25. The average molecular weight is 390 g/mol. The van der Waals surface area contributed by atoms with E-state index in [9.17, 15) is 13.2 Å². The van der Waals surface area contributed by atoms with Crippen LogP contribution in [0.3, 0.4) is 0 Å². The van der Waals surface area contributed by atoms with Crippen molar-refractivity contribution in [1.29, 1.82) is 0 Å². The second-order valence-corrected chi connectivity index (χ2v) is 8.02. The summed E-state index contributed by atoms with van der Waals surface area (Å²) in [6, 6.07) is 4.49. The molecule has 0 spiro atoms. The molecule has 2 heterocycles. The molecule has 1 unspecified atom stereocenters. The highest BCUT2D eigenvalue weighted by atomic mass is 35.5. The molecule has 0 aliphatic carbocycles. The van der Waals surface area contributed by atoms with E-state index >= 15 is 0 Å². The zero-order valence-electron chi connectivity index (χ0n) is 14.2. The van der Waals surface area contributed by atoms with Crippen molar-refractivity contribution in [3.05, 3.63) is 18.2 Å². The SMILES string of the molecule is COc1cc(NC(=O)C2CCCN2)ccc1S(=O)(=O)N1CCCC1.Cl. The second-order valence-electron chi connectivity index (χ2n) is 6.12. The summed E-state index contributed by atoms with van der Waals surface area (Å²) in [6.45, 7) is 1.92. The van der Waals surface area contributed by atoms with Gasteiger partial charge in [-0.1, -0.05) is 0 Å². The summed E-state index contributed by atoms with van der Waals surface area (Å²) in [4.78, 5) is 12.3. The van der Waals surface area contributed by atoms with E-state index in [0.29, 0.717) is 18.8 Å². The molecule has 3 rings (SSSR count). The predicted molar refractivity (Wildman–Crippen MR) is 97.9 cm³/mol.